The number of anilines is 1. The minimum Gasteiger partial charge on any atom is -0.338 e. The van der Waals surface area contributed by atoms with Crippen molar-refractivity contribution in [3.8, 4) is 11.3 Å². The van der Waals surface area contributed by atoms with Crippen molar-refractivity contribution in [3.05, 3.63) is 71.5 Å². The molecule has 3 aromatic rings. The number of rotatable bonds is 3. The van der Waals surface area contributed by atoms with Gasteiger partial charge in [0.1, 0.15) is 11.5 Å². The summed E-state index contributed by atoms with van der Waals surface area (Å²) in [5.74, 6) is -0.533. The van der Waals surface area contributed by atoms with Crippen LogP contribution >= 0.6 is 0 Å². The summed E-state index contributed by atoms with van der Waals surface area (Å²) in [5, 5.41) is 6.52. The first kappa shape index (κ1) is 14.0. The number of hydrogen-bond acceptors (Lipinski definition) is 3. The molecule has 0 unspecified atom stereocenters. The van der Waals surface area contributed by atoms with Gasteiger partial charge in [-0.1, -0.05) is 35.0 Å². The Morgan fingerprint density at radius 3 is 2.45 bits per heavy atom. The molecular formula is C17H13FN2O2. The van der Waals surface area contributed by atoms with E-state index in [9.17, 15) is 9.18 Å². The average Bonchev–Trinajstić information content (AvgIpc) is 2.97. The minimum absolute atomic E-state index is 0.241. The summed E-state index contributed by atoms with van der Waals surface area (Å²) >= 11 is 0. The second-order valence-electron chi connectivity index (χ2n) is 4.90. The van der Waals surface area contributed by atoms with Crippen molar-refractivity contribution in [1.29, 1.82) is 0 Å². The topological polar surface area (TPSA) is 55.1 Å². The molecule has 0 saturated carbocycles. The van der Waals surface area contributed by atoms with Gasteiger partial charge < -0.3 is 4.52 Å². The van der Waals surface area contributed by atoms with Crippen molar-refractivity contribution in [2.24, 2.45) is 0 Å². The molecule has 1 N–H and O–H groups in total. The van der Waals surface area contributed by atoms with Crippen molar-refractivity contribution >= 4 is 11.8 Å². The Hall–Kier alpha value is -2.95. The number of aromatic nitrogens is 1. The monoisotopic (exact) mass is 296 g/mol. The first-order valence-electron chi connectivity index (χ1n) is 6.72. The molecular weight excluding hydrogens is 283 g/mol. The summed E-state index contributed by atoms with van der Waals surface area (Å²) in [6, 6.07) is 14.7. The zero-order valence-corrected chi connectivity index (χ0v) is 11.8. The normalized spacial score (nSPS) is 10.5. The van der Waals surface area contributed by atoms with Crippen molar-refractivity contribution in [2.45, 2.75) is 6.92 Å². The fourth-order valence-electron chi connectivity index (χ4n) is 1.98. The number of carbonyl (C=O) groups is 1. The molecule has 1 amide bonds. The van der Waals surface area contributed by atoms with E-state index in [4.69, 9.17) is 4.52 Å². The van der Waals surface area contributed by atoms with Crippen LogP contribution in [0.15, 0.2) is 59.1 Å². The Morgan fingerprint density at radius 1 is 1.09 bits per heavy atom. The standard InChI is InChI=1S/C17H13FN2O2/c1-11-2-4-12(5-3-11)15-10-16(22-20-15)19-17(21)13-6-8-14(18)9-7-13/h2-10H,1H3,(H,19,21). The lowest BCUT2D eigenvalue weighted by atomic mass is 10.1. The molecule has 0 aliphatic heterocycles. The molecule has 4 nitrogen and oxygen atoms in total. The first-order chi connectivity index (χ1) is 10.6. The van der Waals surface area contributed by atoms with Gasteiger partial charge >= 0.3 is 0 Å². The molecule has 0 aliphatic rings. The summed E-state index contributed by atoms with van der Waals surface area (Å²) in [6.07, 6.45) is 0. The maximum Gasteiger partial charge on any atom is 0.258 e. The molecule has 0 atom stereocenters. The molecule has 5 heteroatoms. The molecule has 0 fully saturated rings. The van der Waals surface area contributed by atoms with Crippen molar-refractivity contribution in [3.63, 3.8) is 0 Å². The predicted octanol–water partition coefficient (Wildman–Crippen LogP) is 4.04. The van der Waals surface area contributed by atoms with Gasteiger partial charge in [-0.3, -0.25) is 10.1 Å². The summed E-state index contributed by atoms with van der Waals surface area (Å²) in [6.45, 7) is 2.00. The van der Waals surface area contributed by atoms with E-state index in [1.165, 1.54) is 24.3 Å². The van der Waals surface area contributed by atoms with Crippen LogP contribution in [0.25, 0.3) is 11.3 Å². The van der Waals surface area contributed by atoms with Gasteiger partial charge in [0.2, 0.25) is 5.88 Å². The lowest BCUT2D eigenvalue weighted by Crippen LogP contribution is -2.11. The van der Waals surface area contributed by atoms with Crippen LogP contribution in [-0.2, 0) is 0 Å². The molecule has 0 aliphatic carbocycles. The van der Waals surface area contributed by atoms with Gasteiger partial charge in [-0.2, -0.15) is 0 Å². The number of carbonyl (C=O) groups excluding carboxylic acids is 1. The molecule has 0 saturated heterocycles. The van der Waals surface area contributed by atoms with E-state index < -0.39 is 5.82 Å². The number of nitrogens with one attached hydrogen (secondary N) is 1. The zero-order valence-electron chi connectivity index (χ0n) is 11.8. The van der Waals surface area contributed by atoms with Crippen LogP contribution in [0.5, 0.6) is 0 Å². The highest BCUT2D eigenvalue weighted by Gasteiger charge is 2.11. The second-order valence-corrected chi connectivity index (χ2v) is 4.90. The fourth-order valence-corrected chi connectivity index (χ4v) is 1.98. The van der Waals surface area contributed by atoms with E-state index in [0.29, 0.717) is 11.3 Å². The number of benzene rings is 2. The molecule has 3 rings (SSSR count). The number of nitrogens with zero attached hydrogens (tertiary/aromatic N) is 1. The highest BCUT2D eigenvalue weighted by atomic mass is 19.1. The lowest BCUT2D eigenvalue weighted by Gasteiger charge is -2.00. The summed E-state index contributed by atoms with van der Waals surface area (Å²) < 4.78 is 17.9. The van der Waals surface area contributed by atoms with Gasteiger partial charge in [0.25, 0.3) is 5.91 Å². The third kappa shape index (κ3) is 3.03. The summed E-state index contributed by atoms with van der Waals surface area (Å²) in [7, 11) is 0. The van der Waals surface area contributed by atoms with E-state index in [1.54, 1.807) is 6.07 Å². The van der Waals surface area contributed by atoms with Crippen LogP contribution in [-0.4, -0.2) is 11.1 Å². The van der Waals surface area contributed by atoms with Gasteiger partial charge in [-0.25, -0.2) is 4.39 Å². The smallest absolute Gasteiger partial charge is 0.258 e. The highest BCUT2D eigenvalue weighted by molar-refractivity contribution is 6.03. The number of halogens is 1. The molecule has 0 spiro atoms. The SMILES string of the molecule is Cc1ccc(-c2cc(NC(=O)c3ccc(F)cc3)on2)cc1. The Bertz CT molecular complexity index is 792. The average molecular weight is 296 g/mol. The highest BCUT2D eigenvalue weighted by Crippen LogP contribution is 2.22. The van der Waals surface area contributed by atoms with Crippen LogP contribution in [0.2, 0.25) is 0 Å². The number of aryl methyl sites for hydroxylation is 1. The van der Waals surface area contributed by atoms with E-state index in [0.717, 1.165) is 11.1 Å². The maximum absolute atomic E-state index is 12.8. The largest absolute Gasteiger partial charge is 0.338 e. The Kier molecular flexibility index (Phi) is 3.70. The van der Waals surface area contributed by atoms with Crippen LogP contribution in [0.3, 0.4) is 0 Å². The Morgan fingerprint density at radius 2 is 1.77 bits per heavy atom. The van der Waals surface area contributed by atoms with Gasteiger partial charge in [0, 0.05) is 17.2 Å². The third-order valence-corrected chi connectivity index (χ3v) is 3.20. The molecule has 110 valence electrons. The molecule has 0 radical (unpaired) electrons. The van der Waals surface area contributed by atoms with Crippen LogP contribution in [0.1, 0.15) is 15.9 Å². The van der Waals surface area contributed by atoms with E-state index in [1.807, 2.05) is 31.2 Å². The molecule has 0 bridgehead atoms. The number of amides is 1. The maximum atomic E-state index is 12.8. The predicted molar refractivity (Wildman–Crippen MR) is 81.0 cm³/mol. The van der Waals surface area contributed by atoms with Gasteiger partial charge in [0.05, 0.1) is 0 Å². The van der Waals surface area contributed by atoms with E-state index >= 15 is 0 Å². The van der Waals surface area contributed by atoms with Crippen molar-refractivity contribution < 1.29 is 13.7 Å². The third-order valence-electron chi connectivity index (χ3n) is 3.20. The summed E-state index contributed by atoms with van der Waals surface area (Å²) in [5.41, 5.74) is 3.03. The van der Waals surface area contributed by atoms with Crippen LogP contribution < -0.4 is 5.32 Å². The molecule has 2 aromatic carbocycles. The van der Waals surface area contributed by atoms with Gasteiger partial charge in [0.15, 0.2) is 0 Å². The zero-order chi connectivity index (χ0) is 15.5. The first-order valence-corrected chi connectivity index (χ1v) is 6.72. The van der Waals surface area contributed by atoms with Gasteiger partial charge in [-0.15, -0.1) is 0 Å². The fraction of sp³-hybridized carbons (Fsp3) is 0.0588. The van der Waals surface area contributed by atoms with E-state index in [2.05, 4.69) is 10.5 Å². The number of hydrogen-bond donors (Lipinski definition) is 1. The van der Waals surface area contributed by atoms with Crippen LogP contribution in [0, 0.1) is 12.7 Å². The minimum atomic E-state index is -0.391. The van der Waals surface area contributed by atoms with Crippen LogP contribution in [0.4, 0.5) is 10.3 Å². The molecule has 1 aromatic heterocycles. The molecule has 22 heavy (non-hydrogen) atoms. The Labute approximate surface area is 126 Å². The quantitative estimate of drug-likeness (QED) is 0.793. The van der Waals surface area contributed by atoms with E-state index in [-0.39, 0.29) is 11.8 Å². The Balaban J connectivity index is 1.75. The second kappa shape index (κ2) is 5.81. The van der Waals surface area contributed by atoms with Crippen molar-refractivity contribution in [2.75, 3.05) is 5.32 Å². The molecule has 1 heterocycles. The lowest BCUT2D eigenvalue weighted by molar-refractivity contribution is 0.102. The summed E-state index contributed by atoms with van der Waals surface area (Å²) in [4.78, 5) is 12.0. The van der Waals surface area contributed by atoms with Gasteiger partial charge in [-0.05, 0) is 31.2 Å². The van der Waals surface area contributed by atoms with Crippen molar-refractivity contribution in [1.82, 2.24) is 5.16 Å².